The maximum atomic E-state index is 13.2. The molecule has 3 rings (SSSR count). The summed E-state index contributed by atoms with van der Waals surface area (Å²) in [5, 5.41) is 9.37. The number of halogens is 2. The van der Waals surface area contributed by atoms with Crippen molar-refractivity contribution in [2.75, 3.05) is 19.7 Å². The van der Waals surface area contributed by atoms with Gasteiger partial charge in [0, 0.05) is 18.5 Å². The van der Waals surface area contributed by atoms with Gasteiger partial charge in [-0.15, -0.1) is 0 Å². The number of aliphatic hydroxyl groups is 1. The third kappa shape index (κ3) is 1.42. The maximum Gasteiger partial charge on any atom is 0.255 e. The summed E-state index contributed by atoms with van der Waals surface area (Å²) in [6, 6.07) is 0. The van der Waals surface area contributed by atoms with Crippen LogP contribution in [-0.2, 0) is 0 Å². The molecule has 3 aliphatic rings. The largest absolute Gasteiger partial charge is 0.394 e. The van der Waals surface area contributed by atoms with Crippen molar-refractivity contribution in [1.29, 1.82) is 0 Å². The Kier molecular flexibility index (Phi) is 2.78. The molecule has 0 bridgehead atoms. The maximum absolute atomic E-state index is 13.2. The van der Waals surface area contributed by atoms with Crippen LogP contribution < -0.4 is 0 Å². The fraction of sp³-hybridized carbons (Fsp3) is 1.00. The van der Waals surface area contributed by atoms with E-state index in [4.69, 9.17) is 0 Å². The van der Waals surface area contributed by atoms with E-state index in [1.54, 1.807) is 0 Å². The Morgan fingerprint density at radius 2 is 1.88 bits per heavy atom. The molecule has 0 aromatic heterocycles. The van der Waals surface area contributed by atoms with Gasteiger partial charge in [-0.1, -0.05) is 13.8 Å². The molecular formula is C12H21F2NO. The van der Waals surface area contributed by atoms with Gasteiger partial charge in [0.25, 0.3) is 5.92 Å². The molecule has 1 aliphatic carbocycles. The highest BCUT2D eigenvalue weighted by molar-refractivity contribution is 5.21. The normalized spacial score (nSPS) is 44.1. The lowest BCUT2D eigenvalue weighted by atomic mass is 9.89. The molecule has 1 saturated carbocycles. The Bertz CT molecular complexity index is 284. The van der Waals surface area contributed by atoms with Crippen LogP contribution in [0.3, 0.4) is 0 Å². The number of hydrogen-bond acceptors (Lipinski definition) is 2. The second-order valence-electron chi connectivity index (χ2n) is 5.25. The van der Waals surface area contributed by atoms with Crippen molar-refractivity contribution >= 4 is 0 Å². The van der Waals surface area contributed by atoms with Crippen molar-refractivity contribution in [1.82, 2.24) is 4.90 Å². The summed E-state index contributed by atoms with van der Waals surface area (Å²) in [7, 11) is 0. The Morgan fingerprint density at radius 1 is 1.25 bits per heavy atom. The molecule has 2 aliphatic heterocycles. The molecule has 16 heavy (non-hydrogen) atoms. The molecule has 2 saturated heterocycles. The zero-order valence-electron chi connectivity index (χ0n) is 10.1. The number of fused-ring (bicyclic) bond motifs is 1. The lowest BCUT2D eigenvalue weighted by Crippen LogP contribution is -2.41. The number of rotatable bonds is 1. The molecule has 2 atom stereocenters. The van der Waals surface area contributed by atoms with Crippen molar-refractivity contribution in [2.45, 2.75) is 51.0 Å². The van der Waals surface area contributed by atoms with Gasteiger partial charge in [0.15, 0.2) is 0 Å². The first kappa shape index (κ1) is 12.2. The van der Waals surface area contributed by atoms with Crippen molar-refractivity contribution in [3.05, 3.63) is 0 Å². The van der Waals surface area contributed by atoms with Crippen LogP contribution in [-0.4, -0.2) is 41.2 Å². The van der Waals surface area contributed by atoms with E-state index in [0.717, 1.165) is 19.4 Å². The highest BCUT2D eigenvalue weighted by atomic mass is 19.3. The molecule has 0 unspecified atom stereocenters. The average molecular weight is 233 g/mol. The van der Waals surface area contributed by atoms with E-state index < -0.39 is 11.3 Å². The topological polar surface area (TPSA) is 23.5 Å². The Hall–Kier alpha value is -0.220. The van der Waals surface area contributed by atoms with Gasteiger partial charge in [-0.3, -0.25) is 4.90 Å². The van der Waals surface area contributed by atoms with Crippen molar-refractivity contribution < 1.29 is 13.9 Å². The summed E-state index contributed by atoms with van der Waals surface area (Å²) in [6.45, 7) is 5.43. The van der Waals surface area contributed by atoms with Gasteiger partial charge in [0.1, 0.15) is 0 Å². The van der Waals surface area contributed by atoms with E-state index in [1.807, 2.05) is 13.8 Å². The van der Waals surface area contributed by atoms with Crippen LogP contribution in [0, 0.1) is 5.41 Å². The van der Waals surface area contributed by atoms with Gasteiger partial charge >= 0.3 is 0 Å². The van der Waals surface area contributed by atoms with Crippen LogP contribution in [0.1, 0.15) is 39.5 Å². The second kappa shape index (κ2) is 3.64. The van der Waals surface area contributed by atoms with Crippen molar-refractivity contribution in [3.8, 4) is 0 Å². The van der Waals surface area contributed by atoms with Gasteiger partial charge in [-0.05, 0) is 25.8 Å². The third-order valence-corrected chi connectivity index (χ3v) is 4.41. The Labute approximate surface area is 95.6 Å². The molecule has 0 aromatic rings. The summed E-state index contributed by atoms with van der Waals surface area (Å²) < 4.78 is 26.4. The molecular weight excluding hydrogens is 212 g/mol. The van der Waals surface area contributed by atoms with Crippen LogP contribution in [0.15, 0.2) is 0 Å². The summed E-state index contributed by atoms with van der Waals surface area (Å²) in [5.74, 6) is -2.46. The van der Waals surface area contributed by atoms with E-state index in [9.17, 15) is 13.9 Å². The molecule has 0 amide bonds. The summed E-state index contributed by atoms with van der Waals surface area (Å²) in [5.41, 5.74) is -1.06. The minimum absolute atomic E-state index is 0.0399. The van der Waals surface area contributed by atoms with Crippen molar-refractivity contribution in [3.63, 3.8) is 0 Å². The highest BCUT2D eigenvalue weighted by Crippen LogP contribution is 2.69. The first-order valence-electron chi connectivity index (χ1n) is 6.28. The number of aliphatic hydroxyl groups excluding tert-OH is 1. The van der Waals surface area contributed by atoms with Crippen LogP contribution in [0.5, 0.6) is 0 Å². The second-order valence-corrected chi connectivity index (χ2v) is 5.25. The molecule has 1 spiro atoms. The predicted molar refractivity (Wildman–Crippen MR) is 58.6 cm³/mol. The van der Waals surface area contributed by atoms with Gasteiger partial charge < -0.3 is 5.11 Å². The Morgan fingerprint density at radius 3 is 2.31 bits per heavy atom. The quantitative estimate of drug-likeness (QED) is 0.751. The lowest BCUT2D eigenvalue weighted by molar-refractivity contribution is 0.0644. The summed E-state index contributed by atoms with van der Waals surface area (Å²) in [6.07, 6.45) is 2.48. The van der Waals surface area contributed by atoms with Gasteiger partial charge in [-0.25, -0.2) is 8.78 Å². The fourth-order valence-electron chi connectivity index (χ4n) is 3.47. The first-order valence-corrected chi connectivity index (χ1v) is 6.28. The molecule has 1 N–H and O–H groups in total. The molecule has 2 heterocycles. The molecule has 0 aromatic carbocycles. The first-order chi connectivity index (χ1) is 7.54. The van der Waals surface area contributed by atoms with Gasteiger partial charge in [0.2, 0.25) is 0 Å². The molecule has 4 heteroatoms. The predicted octanol–water partition coefficient (Wildman–Crippen LogP) is 2.27. The van der Waals surface area contributed by atoms with E-state index in [1.165, 1.54) is 0 Å². The average Bonchev–Trinajstić information content (AvgIpc) is 2.57. The number of nitrogens with zero attached hydrogens (tertiary/aromatic N) is 1. The van der Waals surface area contributed by atoms with Crippen LogP contribution in [0.2, 0.25) is 0 Å². The van der Waals surface area contributed by atoms with E-state index >= 15 is 0 Å². The smallest absolute Gasteiger partial charge is 0.255 e. The van der Waals surface area contributed by atoms with E-state index in [2.05, 4.69) is 4.90 Å². The zero-order chi connectivity index (χ0) is 12.0. The molecule has 0 radical (unpaired) electrons. The number of hydrogen-bond donors (Lipinski definition) is 1. The summed E-state index contributed by atoms with van der Waals surface area (Å²) in [4.78, 5) is 2.09. The summed E-state index contributed by atoms with van der Waals surface area (Å²) >= 11 is 0. The van der Waals surface area contributed by atoms with Gasteiger partial charge in [-0.2, -0.15) is 0 Å². The monoisotopic (exact) mass is 233 g/mol. The third-order valence-electron chi connectivity index (χ3n) is 4.41. The van der Waals surface area contributed by atoms with Crippen LogP contribution >= 0.6 is 0 Å². The van der Waals surface area contributed by atoms with E-state index in [-0.39, 0.29) is 18.6 Å². The standard InChI is InChI=1S/C10H15F2NO.C2H6/c11-10(12)5-8(10)4-9(7-14)2-1-3-13(9)6-8;1-2/h14H,1-7H2;1-2H3/t8-,9-;/m0./s1. The molecule has 2 nitrogen and oxygen atoms in total. The minimum Gasteiger partial charge on any atom is -0.394 e. The fourth-order valence-corrected chi connectivity index (χ4v) is 3.47. The number of alkyl halides is 2. The van der Waals surface area contributed by atoms with Crippen LogP contribution in [0.4, 0.5) is 8.78 Å². The lowest BCUT2D eigenvalue weighted by Gasteiger charge is -2.29. The zero-order valence-corrected chi connectivity index (χ0v) is 10.1. The minimum atomic E-state index is -2.46. The van der Waals surface area contributed by atoms with Crippen molar-refractivity contribution in [2.24, 2.45) is 5.41 Å². The SMILES string of the molecule is CC.OC[C@@]12CCCN1C[C@@]1(CC1(F)F)C2. The van der Waals surface area contributed by atoms with Crippen LogP contribution in [0.25, 0.3) is 0 Å². The Balaban J connectivity index is 0.000000457. The molecule has 94 valence electrons. The highest BCUT2D eigenvalue weighted by Gasteiger charge is 2.76. The van der Waals surface area contributed by atoms with Gasteiger partial charge in [0.05, 0.1) is 12.0 Å². The van der Waals surface area contributed by atoms with E-state index in [0.29, 0.717) is 13.0 Å². The molecule has 3 fully saturated rings.